The van der Waals surface area contributed by atoms with E-state index in [1.807, 2.05) is 25.3 Å². The van der Waals surface area contributed by atoms with Gasteiger partial charge in [-0.05, 0) is 18.6 Å². The van der Waals surface area contributed by atoms with Crippen LogP contribution in [0.3, 0.4) is 0 Å². The van der Waals surface area contributed by atoms with Gasteiger partial charge in [0, 0.05) is 26.3 Å². The van der Waals surface area contributed by atoms with Crippen LogP contribution in [-0.4, -0.2) is 31.0 Å². The van der Waals surface area contributed by atoms with Gasteiger partial charge in [0.05, 0.1) is 5.92 Å². The molecule has 1 N–H and O–H groups in total. The summed E-state index contributed by atoms with van der Waals surface area (Å²) in [4.78, 5) is 17.7. The SMILES string of the molecule is CNC(=O)C1CN(c2ccc(C)cn2)C1. The van der Waals surface area contributed by atoms with E-state index in [0.29, 0.717) is 0 Å². The fraction of sp³-hybridized carbons (Fsp3) is 0.455. The number of hydrogen-bond donors (Lipinski definition) is 1. The number of carbonyl (C=O) groups excluding carboxylic acids is 1. The van der Waals surface area contributed by atoms with Crippen molar-refractivity contribution in [2.24, 2.45) is 5.92 Å². The molecule has 0 unspecified atom stereocenters. The van der Waals surface area contributed by atoms with Gasteiger partial charge in [-0.15, -0.1) is 0 Å². The maximum absolute atomic E-state index is 11.3. The summed E-state index contributed by atoms with van der Waals surface area (Å²) in [5.74, 6) is 1.21. The monoisotopic (exact) mass is 205 g/mol. The molecule has 0 bridgehead atoms. The van der Waals surface area contributed by atoms with E-state index >= 15 is 0 Å². The Labute approximate surface area is 89.3 Å². The predicted octanol–water partition coefficient (Wildman–Crippen LogP) is 0.572. The van der Waals surface area contributed by atoms with Gasteiger partial charge in [-0.3, -0.25) is 4.79 Å². The summed E-state index contributed by atoms with van der Waals surface area (Å²) in [7, 11) is 1.68. The second-order valence-corrected chi connectivity index (χ2v) is 3.91. The Kier molecular flexibility index (Phi) is 2.58. The largest absolute Gasteiger partial charge is 0.359 e. The van der Waals surface area contributed by atoms with Crippen molar-refractivity contribution in [2.75, 3.05) is 25.0 Å². The molecule has 15 heavy (non-hydrogen) atoms. The van der Waals surface area contributed by atoms with Crippen LogP contribution in [0.5, 0.6) is 0 Å². The zero-order valence-electron chi connectivity index (χ0n) is 9.03. The van der Waals surface area contributed by atoms with E-state index in [9.17, 15) is 4.79 Å². The fourth-order valence-electron chi connectivity index (χ4n) is 1.68. The minimum atomic E-state index is 0.123. The number of nitrogens with one attached hydrogen (secondary N) is 1. The van der Waals surface area contributed by atoms with Crippen molar-refractivity contribution in [3.05, 3.63) is 23.9 Å². The van der Waals surface area contributed by atoms with E-state index in [1.54, 1.807) is 7.05 Å². The molecule has 0 saturated carbocycles. The van der Waals surface area contributed by atoms with Gasteiger partial charge in [-0.25, -0.2) is 4.98 Å². The average molecular weight is 205 g/mol. The molecule has 2 heterocycles. The molecule has 4 nitrogen and oxygen atoms in total. The number of carbonyl (C=O) groups is 1. The molecular weight excluding hydrogens is 190 g/mol. The van der Waals surface area contributed by atoms with Gasteiger partial charge in [0.25, 0.3) is 0 Å². The Hall–Kier alpha value is -1.58. The Morgan fingerprint density at radius 1 is 1.53 bits per heavy atom. The first-order chi connectivity index (χ1) is 7.20. The van der Waals surface area contributed by atoms with E-state index in [0.717, 1.165) is 24.5 Å². The number of amides is 1. The lowest BCUT2D eigenvalue weighted by Gasteiger charge is -2.38. The molecule has 1 aromatic rings. The third-order valence-corrected chi connectivity index (χ3v) is 2.72. The molecule has 1 aliphatic rings. The first kappa shape index (κ1) is 9.96. The number of hydrogen-bond acceptors (Lipinski definition) is 3. The predicted molar refractivity (Wildman–Crippen MR) is 58.7 cm³/mol. The maximum atomic E-state index is 11.3. The lowest BCUT2D eigenvalue weighted by molar-refractivity contribution is -0.125. The van der Waals surface area contributed by atoms with E-state index in [1.165, 1.54) is 0 Å². The molecule has 0 aliphatic carbocycles. The normalized spacial score (nSPS) is 16.0. The Bertz CT molecular complexity index is 355. The zero-order valence-corrected chi connectivity index (χ0v) is 9.03. The topological polar surface area (TPSA) is 45.2 Å². The van der Waals surface area contributed by atoms with Crippen LogP contribution in [0.4, 0.5) is 5.82 Å². The second kappa shape index (κ2) is 3.88. The molecular formula is C11H15N3O. The van der Waals surface area contributed by atoms with Crippen LogP contribution < -0.4 is 10.2 Å². The minimum absolute atomic E-state index is 0.123. The summed E-state index contributed by atoms with van der Waals surface area (Å²) in [6, 6.07) is 4.03. The van der Waals surface area contributed by atoms with Crippen LogP contribution >= 0.6 is 0 Å². The van der Waals surface area contributed by atoms with Gasteiger partial charge in [0.15, 0.2) is 0 Å². The molecule has 0 spiro atoms. The Morgan fingerprint density at radius 3 is 2.80 bits per heavy atom. The molecule has 1 saturated heterocycles. The van der Waals surface area contributed by atoms with Gasteiger partial charge < -0.3 is 10.2 Å². The van der Waals surface area contributed by atoms with Crippen LogP contribution in [0, 0.1) is 12.8 Å². The van der Waals surface area contributed by atoms with Crippen LogP contribution in [0.25, 0.3) is 0 Å². The summed E-state index contributed by atoms with van der Waals surface area (Å²) >= 11 is 0. The smallest absolute Gasteiger partial charge is 0.226 e. The summed E-state index contributed by atoms with van der Waals surface area (Å²) in [6.07, 6.45) is 1.85. The zero-order chi connectivity index (χ0) is 10.8. The van der Waals surface area contributed by atoms with Crippen molar-refractivity contribution in [1.82, 2.24) is 10.3 Å². The number of anilines is 1. The molecule has 80 valence electrons. The van der Waals surface area contributed by atoms with Crippen molar-refractivity contribution in [3.63, 3.8) is 0 Å². The molecule has 1 aliphatic heterocycles. The van der Waals surface area contributed by atoms with Crippen LogP contribution in [0.15, 0.2) is 18.3 Å². The summed E-state index contributed by atoms with van der Waals surface area (Å²) in [5, 5.41) is 2.66. The van der Waals surface area contributed by atoms with E-state index in [2.05, 4.69) is 15.2 Å². The quantitative estimate of drug-likeness (QED) is 0.768. The number of rotatable bonds is 2. The third-order valence-electron chi connectivity index (χ3n) is 2.72. The molecule has 0 radical (unpaired) electrons. The van der Waals surface area contributed by atoms with Crippen LogP contribution in [0.1, 0.15) is 5.56 Å². The highest BCUT2D eigenvalue weighted by Gasteiger charge is 2.32. The Morgan fingerprint density at radius 2 is 2.27 bits per heavy atom. The van der Waals surface area contributed by atoms with Crippen molar-refractivity contribution in [1.29, 1.82) is 0 Å². The van der Waals surface area contributed by atoms with Gasteiger partial charge in [0.1, 0.15) is 5.82 Å². The number of aromatic nitrogens is 1. The summed E-state index contributed by atoms with van der Waals surface area (Å²) in [6.45, 7) is 3.56. The first-order valence-electron chi connectivity index (χ1n) is 5.10. The molecule has 0 atom stereocenters. The molecule has 1 fully saturated rings. The number of nitrogens with zero attached hydrogens (tertiary/aromatic N) is 2. The average Bonchev–Trinajstić information content (AvgIpc) is 2.18. The Balaban J connectivity index is 1.94. The van der Waals surface area contributed by atoms with E-state index in [-0.39, 0.29) is 11.8 Å². The lowest BCUT2D eigenvalue weighted by atomic mass is 9.99. The van der Waals surface area contributed by atoms with Crippen LogP contribution in [0.2, 0.25) is 0 Å². The molecule has 1 aromatic heterocycles. The van der Waals surface area contributed by atoms with Crippen molar-refractivity contribution in [2.45, 2.75) is 6.92 Å². The number of aryl methyl sites for hydroxylation is 1. The van der Waals surface area contributed by atoms with Crippen LogP contribution in [-0.2, 0) is 4.79 Å². The third kappa shape index (κ3) is 1.93. The van der Waals surface area contributed by atoms with Crippen molar-refractivity contribution < 1.29 is 4.79 Å². The van der Waals surface area contributed by atoms with Gasteiger partial charge in [-0.1, -0.05) is 6.07 Å². The van der Waals surface area contributed by atoms with Gasteiger partial charge in [0.2, 0.25) is 5.91 Å². The first-order valence-corrected chi connectivity index (χ1v) is 5.10. The molecule has 2 rings (SSSR count). The van der Waals surface area contributed by atoms with E-state index in [4.69, 9.17) is 0 Å². The van der Waals surface area contributed by atoms with Gasteiger partial charge in [-0.2, -0.15) is 0 Å². The van der Waals surface area contributed by atoms with E-state index < -0.39 is 0 Å². The maximum Gasteiger partial charge on any atom is 0.226 e. The number of pyridine rings is 1. The minimum Gasteiger partial charge on any atom is -0.359 e. The standard InChI is InChI=1S/C11H15N3O/c1-8-3-4-10(13-5-8)14-6-9(7-14)11(15)12-2/h3-5,9H,6-7H2,1-2H3,(H,12,15). The fourth-order valence-corrected chi connectivity index (χ4v) is 1.68. The lowest BCUT2D eigenvalue weighted by Crippen LogP contribution is -2.53. The molecule has 1 amide bonds. The summed E-state index contributed by atoms with van der Waals surface area (Å²) in [5.41, 5.74) is 1.15. The second-order valence-electron chi connectivity index (χ2n) is 3.91. The highest BCUT2D eigenvalue weighted by molar-refractivity contribution is 5.81. The summed E-state index contributed by atoms with van der Waals surface area (Å²) < 4.78 is 0. The van der Waals surface area contributed by atoms with Crippen molar-refractivity contribution in [3.8, 4) is 0 Å². The van der Waals surface area contributed by atoms with Crippen molar-refractivity contribution >= 4 is 11.7 Å². The molecule has 0 aromatic carbocycles. The molecule has 4 heteroatoms. The highest BCUT2D eigenvalue weighted by Crippen LogP contribution is 2.22. The van der Waals surface area contributed by atoms with Gasteiger partial charge >= 0.3 is 0 Å². The highest BCUT2D eigenvalue weighted by atomic mass is 16.1.